The van der Waals surface area contributed by atoms with E-state index >= 15 is 0 Å². The molecule has 1 aromatic carbocycles. The molecule has 0 radical (unpaired) electrons. The van der Waals surface area contributed by atoms with Gasteiger partial charge in [0.2, 0.25) is 0 Å². The maximum Gasteiger partial charge on any atom is 0.414 e. The van der Waals surface area contributed by atoms with E-state index in [1.807, 2.05) is 12.1 Å². The molecule has 0 saturated carbocycles. The maximum atomic E-state index is 11.8. The second kappa shape index (κ2) is 10.4. The number of aryl methyl sites for hydroxylation is 1. The average Bonchev–Trinajstić information content (AvgIpc) is 2.59. The van der Waals surface area contributed by atoms with Gasteiger partial charge in [-0.2, -0.15) is 0 Å². The molecule has 6 heteroatoms. The van der Waals surface area contributed by atoms with Gasteiger partial charge in [0.15, 0.2) is 0 Å². The summed E-state index contributed by atoms with van der Waals surface area (Å²) >= 11 is 0. The van der Waals surface area contributed by atoms with Crippen molar-refractivity contribution in [3.05, 3.63) is 42.2 Å². The van der Waals surface area contributed by atoms with E-state index in [4.69, 9.17) is 4.74 Å². The fourth-order valence-electron chi connectivity index (χ4n) is 3.29. The predicted molar refractivity (Wildman–Crippen MR) is 107 cm³/mol. The molecule has 1 fully saturated rings. The Morgan fingerprint density at radius 3 is 2.50 bits per heavy atom. The van der Waals surface area contributed by atoms with Gasteiger partial charge in [-0.3, -0.25) is 0 Å². The Balaban J connectivity index is 1.61. The normalized spacial score (nSPS) is 16.2. The van der Waals surface area contributed by atoms with E-state index in [1.54, 1.807) is 18.1 Å². The molecule has 1 amide bonds. The van der Waals surface area contributed by atoms with Gasteiger partial charge in [-0.05, 0) is 56.2 Å². The highest BCUT2D eigenvalue weighted by Gasteiger charge is 2.23. The second-order valence-electron chi connectivity index (χ2n) is 7.00. The van der Waals surface area contributed by atoms with Crippen LogP contribution in [0.25, 0.3) is 0 Å². The van der Waals surface area contributed by atoms with Crippen molar-refractivity contribution in [2.75, 3.05) is 24.1 Å². The number of amides is 1. The summed E-state index contributed by atoms with van der Waals surface area (Å²) in [5, 5.41) is 0. The number of rotatable bonds is 8. The van der Waals surface area contributed by atoms with Gasteiger partial charge in [-0.25, -0.2) is 9.00 Å². The molecule has 1 atom stereocenters. The van der Waals surface area contributed by atoms with E-state index in [0.717, 1.165) is 38.0 Å². The van der Waals surface area contributed by atoms with Crippen LogP contribution < -0.4 is 4.72 Å². The molecule has 26 heavy (non-hydrogen) atoms. The summed E-state index contributed by atoms with van der Waals surface area (Å²) in [4.78, 5) is 13.6. The zero-order chi connectivity index (χ0) is 18.9. The molecule has 1 N–H and O–H groups in total. The number of nitrogens with zero attached hydrogens (tertiary/aromatic N) is 1. The van der Waals surface area contributed by atoms with Crippen LogP contribution in [0.4, 0.5) is 10.5 Å². The summed E-state index contributed by atoms with van der Waals surface area (Å²) in [6.07, 6.45) is 8.14. The monoisotopic (exact) mass is 378 g/mol. The lowest BCUT2D eigenvalue weighted by Crippen LogP contribution is -2.38. The third-order valence-corrected chi connectivity index (χ3v) is 5.20. The molecule has 1 aliphatic heterocycles. The van der Waals surface area contributed by atoms with Crippen LogP contribution in [0.5, 0.6) is 0 Å². The number of carbonyl (C=O) groups excluding carboxylic acids is 1. The number of anilines is 1. The topological polar surface area (TPSA) is 58.6 Å². The van der Waals surface area contributed by atoms with E-state index in [1.165, 1.54) is 24.8 Å². The number of allylic oxidation sites excluding steroid dienone is 1. The van der Waals surface area contributed by atoms with Crippen LogP contribution in [0.2, 0.25) is 0 Å². The molecule has 1 aromatic rings. The zero-order valence-corrected chi connectivity index (χ0v) is 16.6. The Hall–Kier alpha value is -1.82. The molecule has 144 valence electrons. The van der Waals surface area contributed by atoms with Crippen molar-refractivity contribution >= 4 is 22.8 Å². The third kappa shape index (κ3) is 7.20. The van der Waals surface area contributed by atoms with Crippen LogP contribution >= 0.6 is 0 Å². The highest BCUT2D eigenvalue weighted by atomic mass is 32.2. The van der Waals surface area contributed by atoms with Crippen LogP contribution in [-0.2, 0) is 22.1 Å². The lowest BCUT2D eigenvalue weighted by atomic mass is 9.91. The largest absolute Gasteiger partial charge is 0.416 e. The van der Waals surface area contributed by atoms with E-state index in [2.05, 4.69) is 23.4 Å². The molecule has 1 saturated heterocycles. The number of hydrogen-bond acceptors (Lipinski definition) is 3. The van der Waals surface area contributed by atoms with Crippen LogP contribution in [0.15, 0.2) is 36.6 Å². The number of carbonyl (C=O) groups is 1. The van der Waals surface area contributed by atoms with Crippen LogP contribution in [0, 0.1) is 5.92 Å². The Morgan fingerprint density at radius 2 is 1.92 bits per heavy atom. The molecule has 2 rings (SSSR count). The standard InChI is InChI=1S/C20H30N2O3S/c1-16(2)25-20(23)22-14-12-18(13-15-22)7-5-4-6-17-8-10-19(11-9-17)21-26(3)24/h8-11,18,21H,1,4-7,12-15H2,2-3H3. The Labute approximate surface area is 159 Å². The van der Waals surface area contributed by atoms with Crippen molar-refractivity contribution in [3.63, 3.8) is 0 Å². The fourth-order valence-corrected chi connectivity index (χ4v) is 3.75. The van der Waals surface area contributed by atoms with Gasteiger partial charge in [0.25, 0.3) is 0 Å². The summed E-state index contributed by atoms with van der Waals surface area (Å²) in [6, 6.07) is 8.16. The lowest BCUT2D eigenvalue weighted by molar-refractivity contribution is 0.109. The fraction of sp³-hybridized carbons (Fsp3) is 0.550. The van der Waals surface area contributed by atoms with Gasteiger partial charge in [-0.15, -0.1) is 0 Å². The van der Waals surface area contributed by atoms with Gasteiger partial charge in [-0.1, -0.05) is 31.6 Å². The van der Waals surface area contributed by atoms with Crippen molar-refractivity contribution in [2.45, 2.75) is 45.4 Å². The van der Waals surface area contributed by atoms with Gasteiger partial charge < -0.3 is 14.4 Å². The number of unbranched alkanes of at least 4 members (excludes halogenated alkanes) is 1. The minimum atomic E-state index is -1.03. The first-order chi connectivity index (χ1) is 12.4. The number of piperidine rings is 1. The number of nitrogens with one attached hydrogen (secondary N) is 1. The Bertz CT molecular complexity index is 622. The molecule has 1 unspecified atom stereocenters. The van der Waals surface area contributed by atoms with Gasteiger partial charge in [0.05, 0.1) is 5.76 Å². The predicted octanol–water partition coefficient (Wildman–Crippen LogP) is 4.49. The molecule has 0 bridgehead atoms. The molecule has 0 spiro atoms. The average molecular weight is 379 g/mol. The van der Waals surface area contributed by atoms with E-state index in [0.29, 0.717) is 11.7 Å². The molecule has 0 aromatic heterocycles. The van der Waals surface area contributed by atoms with E-state index in [9.17, 15) is 9.00 Å². The van der Waals surface area contributed by atoms with Gasteiger partial charge in [0, 0.05) is 25.0 Å². The van der Waals surface area contributed by atoms with Crippen molar-refractivity contribution < 1.29 is 13.7 Å². The van der Waals surface area contributed by atoms with Crippen molar-refractivity contribution in [2.24, 2.45) is 5.92 Å². The van der Waals surface area contributed by atoms with E-state index in [-0.39, 0.29) is 6.09 Å². The highest BCUT2D eigenvalue weighted by Crippen LogP contribution is 2.24. The number of likely N-dealkylation sites (tertiary alicyclic amines) is 1. The zero-order valence-electron chi connectivity index (χ0n) is 15.8. The number of benzene rings is 1. The van der Waals surface area contributed by atoms with Crippen LogP contribution in [0.3, 0.4) is 0 Å². The van der Waals surface area contributed by atoms with Crippen LogP contribution in [0.1, 0.15) is 44.6 Å². The molecule has 1 aliphatic rings. The summed E-state index contributed by atoms with van der Waals surface area (Å²) in [5.74, 6) is 1.15. The SMILES string of the molecule is C=C(C)OC(=O)N1CCC(CCCCc2ccc(NS(C)=O)cc2)CC1. The van der Waals surface area contributed by atoms with Crippen molar-refractivity contribution in [1.82, 2.24) is 4.90 Å². The first-order valence-electron chi connectivity index (χ1n) is 9.25. The third-order valence-electron chi connectivity index (χ3n) is 4.68. The summed E-state index contributed by atoms with van der Waals surface area (Å²) in [7, 11) is -1.03. The lowest BCUT2D eigenvalue weighted by Gasteiger charge is -2.31. The summed E-state index contributed by atoms with van der Waals surface area (Å²) in [6.45, 7) is 6.87. The van der Waals surface area contributed by atoms with Gasteiger partial charge in [0.1, 0.15) is 11.0 Å². The highest BCUT2D eigenvalue weighted by molar-refractivity contribution is 7.85. The molecule has 5 nitrogen and oxygen atoms in total. The molecular formula is C20H30N2O3S. The molecule has 1 heterocycles. The summed E-state index contributed by atoms with van der Waals surface area (Å²) in [5.41, 5.74) is 2.21. The molecule has 0 aliphatic carbocycles. The van der Waals surface area contributed by atoms with Crippen molar-refractivity contribution in [1.29, 1.82) is 0 Å². The summed E-state index contributed by atoms with van der Waals surface area (Å²) < 4.78 is 19.1. The first kappa shape index (κ1) is 20.5. The van der Waals surface area contributed by atoms with Gasteiger partial charge >= 0.3 is 6.09 Å². The smallest absolute Gasteiger partial charge is 0.414 e. The van der Waals surface area contributed by atoms with E-state index < -0.39 is 11.0 Å². The Morgan fingerprint density at radius 1 is 1.27 bits per heavy atom. The van der Waals surface area contributed by atoms with Crippen LogP contribution in [-0.4, -0.2) is 34.5 Å². The minimum Gasteiger partial charge on any atom is -0.416 e. The Kier molecular flexibility index (Phi) is 8.16. The number of hydrogen-bond donors (Lipinski definition) is 1. The first-order valence-corrected chi connectivity index (χ1v) is 10.8. The van der Waals surface area contributed by atoms with Crippen molar-refractivity contribution in [3.8, 4) is 0 Å². The minimum absolute atomic E-state index is 0.263. The molecular weight excluding hydrogens is 348 g/mol. The maximum absolute atomic E-state index is 11.8. The second-order valence-corrected chi connectivity index (χ2v) is 8.11. The quantitative estimate of drug-likeness (QED) is 0.536. The number of ether oxygens (including phenoxy) is 1.